The number of rotatable bonds is 7. The Morgan fingerprint density at radius 2 is 0.567 bits per heavy atom. The van der Waals surface area contributed by atoms with Gasteiger partial charge in [0.2, 0.25) is 0 Å². The van der Waals surface area contributed by atoms with Gasteiger partial charge in [0.15, 0.2) is 17.5 Å². The Morgan fingerprint density at radius 3 is 1.17 bits per heavy atom. The molecule has 0 aliphatic rings. The molecule has 0 spiro atoms. The van der Waals surface area contributed by atoms with Gasteiger partial charge in [0, 0.05) is 16.7 Å². The summed E-state index contributed by atoms with van der Waals surface area (Å²) in [5.41, 5.74) is 12.2. The van der Waals surface area contributed by atoms with Crippen molar-refractivity contribution < 1.29 is 0 Å². The second-order valence-corrected chi connectivity index (χ2v) is 15.2. The third kappa shape index (κ3) is 6.49. The van der Waals surface area contributed by atoms with Gasteiger partial charge in [0.25, 0.3) is 0 Å². The molecular weight excluding hydrogens is 727 g/mol. The van der Waals surface area contributed by atoms with Crippen molar-refractivity contribution >= 4 is 32.3 Å². The van der Waals surface area contributed by atoms with Crippen LogP contribution >= 0.6 is 0 Å². The van der Waals surface area contributed by atoms with Crippen molar-refractivity contribution in [2.45, 2.75) is 0 Å². The fourth-order valence-electron chi connectivity index (χ4n) is 8.58. The molecule has 0 N–H and O–H groups in total. The molecule has 0 aliphatic heterocycles. The lowest BCUT2D eigenvalue weighted by Crippen LogP contribution is -2.00. The van der Waals surface area contributed by atoms with Gasteiger partial charge in [0.1, 0.15) is 0 Å². The van der Waals surface area contributed by atoms with E-state index in [0.717, 1.165) is 33.4 Å². The van der Waals surface area contributed by atoms with Crippen LogP contribution in [-0.4, -0.2) is 15.0 Å². The molecule has 0 unspecified atom stereocenters. The monoisotopic (exact) mass is 763 g/mol. The molecule has 11 aromatic rings. The highest BCUT2D eigenvalue weighted by Crippen LogP contribution is 2.44. The molecule has 0 saturated heterocycles. The van der Waals surface area contributed by atoms with Crippen molar-refractivity contribution in [2.75, 3.05) is 0 Å². The number of hydrogen-bond donors (Lipinski definition) is 0. The normalized spacial score (nSPS) is 11.3. The van der Waals surface area contributed by atoms with Crippen LogP contribution in [0.25, 0.3) is 111 Å². The van der Waals surface area contributed by atoms with Crippen LogP contribution in [-0.2, 0) is 0 Å². The Labute approximate surface area is 349 Å². The molecule has 3 nitrogen and oxygen atoms in total. The molecule has 280 valence electrons. The summed E-state index contributed by atoms with van der Waals surface area (Å²) in [5, 5.41) is 7.31. The van der Waals surface area contributed by atoms with Gasteiger partial charge in [-0.2, -0.15) is 0 Å². The molecule has 0 saturated carbocycles. The van der Waals surface area contributed by atoms with Gasteiger partial charge in [-0.25, -0.2) is 15.0 Å². The summed E-state index contributed by atoms with van der Waals surface area (Å²) in [6, 6.07) is 79.6. The zero-order valence-electron chi connectivity index (χ0n) is 32.7. The van der Waals surface area contributed by atoms with Crippen LogP contribution in [0.15, 0.2) is 224 Å². The first kappa shape index (κ1) is 35.2. The molecule has 0 bridgehead atoms. The van der Waals surface area contributed by atoms with Crippen molar-refractivity contribution in [3.63, 3.8) is 0 Å². The van der Waals surface area contributed by atoms with E-state index in [1.165, 1.54) is 60.1 Å². The summed E-state index contributed by atoms with van der Waals surface area (Å²) >= 11 is 0. The first-order valence-electron chi connectivity index (χ1n) is 20.3. The molecule has 1 aromatic heterocycles. The van der Waals surface area contributed by atoms with E-state index in [1.807, 2.05) is 24.3 Å². The Kier molecular flexibility index (Phi) is 8.83. The van der Waals surface area contributed by atoms with E-state index in [1.54, 1.807) is 0 Å². The second kappa shape index (κ2) is 15.1. The van der Waals surface area contributed by atoms with E-state index in [0.29, 0.717) is 17.5 Å². The molecule has 60 heavy (non-hydrogen) atoms. The van der Waals surface area contributed by atoms with Gasteiger partial charge < -0.3 is 0 Å². The summed E-state index contributed by atoms with van der Waals surface area (Å²) in [5.74, 6) is 1.90. The van der Waals surface area contributed by atoms with Crippen molar-refractivity contribution in [3.05, 3.63) is 224 Å². The van der Waals surface area contributed by atoms with Gasteiger partial charge in [-0.1, -0.05) is 206 Å². The lowest BCUT2D eigenvalue weighted by Gasteiger charge is -2.18. The van der Waals surface area contributed by atoms with Crippen LogP contribution in [0.2, 0.25) is 0 Å². The molecule has 1 heterocycles. The predicted octanol–water partition coefficient (Wildman–Crippen LogP) is 15.0. The summed E-state index contributed by atoms with van der Waals surface area (Å²) in [4.78, 5) is 15.3. The van der Waals surface area contributed by atoms with Crippen LogP contribution in [0.1, 0.15) is 0 Å². The predicted molar refractivity (Wildman–Crippen MR) is 250 cm³/mol. The minimum atomic E-state index is 0.627. The topological polar surface area (TPSA) is 38.7 Å². The zero-order chi connectivity index (χ0) is 39.8. The summed E-state index contributed by atoms with van der Waals surface area (Å²) in [7, 11) is 0. The van der Waals surface area contributed by atoms with Crippen LogP contribution in [0, 0.1) is 0 Å². The summed E-state index contributed by atoms with van der Waals surface area (Å²) in [6.07, 6.45) is 0. The first-order chi connectivity index (χ1) is 29.7. The number of benzene rings is 10. The third-order valence-corrected chi connectivity index (χ3v) is 11.5. The number of aromatic nitrogens is 3. The highest BCUT2D eigenvalue weighted by Gasteiger charge is 2.19. The minimum absolute atomic E-state index is 0.627. The Balaban J connectivity index is 1.04. The van der Waals surface area contributed by atoms with Crippen LogP contribution in [0.3, 0.4) is 0 Å². The van der Waals surface area contributed by atoms with E-state index < -0.39 is 0 Å². The molecular formula is C57H37N3. The van der Waals surface area contributed by atoms with Gasteiger partial charge in [-0.3, -0.25) is 0 Å². The first-order valence-corrected chi connectivity index (χ1v) is 20.3. The van der Waals surface area contributed by atoms with Crippen molar-refractivity contribution in [2.24, 2.45) is 0 Å². The second-order valence-electron chi connectivity index (χ2n) is 15.2. The van der Waals surface area contributed by atoms with E-state index >= 15 is 0 Å². The lowest BCUT2D eigenvalue weighted by atomic mass is 9.85. The Hall–Kier alpha value is -8.01. The largest absolute Gasteiger partial charge is 0.208 e. The van der Waals surface area contributed by atoms with Crippen molar-refractivity contribution in [3.8, 4) is 78.7 Å². The average Bonchev–Trinajstić information content (AvgIpc) is 3.33. The molecule has 11 rings (SSSR count). The molecule has 10 aromatic carbocycles. The van der Waals surface area contributed by atoms with Crippen LogP contribution in [0.4, 0.5) is 0 Å². The highest BCUT2D eigenvalue weighted by atomic mass is 15.0. The smallest absolute Gasteiger partial charge is 0.164 e. The van der Waals surface area contributed by atoms with E-state index in [2.05, 4.69) is 200 Å². The van der Waals surface area contributed by atoms with Crippen LogP contribution < -0.4 is 0 Å². The van der Waals surface area contributed by atoms with Gasteiger partial charge in [0.05, 0.1) is 0 Å². The fourth-order valence-corrected chi connectivity index (χ4v) is 8.58. The minimum Gasteiger partial charge on any atom is -0.208 e. The Morgan fingerprint density at radius 1 is 0.200 bits per heavy atom. The van der Waals surface area contributed by atoms with Crippen LogP contribution in [0.5, 0.6) is 0 Å². The maximum atomic E-state index is 5.17. The lowest BCUT2D eigenvalue weighted by molar-refractivity contribution is 1.07. The molecule has 0 atom stereocenters. The fraction of sp³-hybridized carbons (Fsp3) is 0. The van der Waals surface area contributed by atoms with Gasteiger partial charge >= 0.3 is 0 Å². The number of nitrogens with zero attached hydrogens (tertiary/aromatic N) is 3. The molecule has 0 fully saturated rings. The van der Waals surface area contributed by atoms with E-state index in [-0.39, 0.29) is 0 Å². The standard InChI is InChI=1S/C57H37N3/c1-3-15-38(16-4-1)44-21-13-23-47(36-44)56-58-55(42-18-5-2-6-19-42)59-57(60-56)48-24-14-22-46(37-48)54-51-27-11-9-25-49(51)53(50-26-10-12-28-52(50)54)41-32-29-40(30-33-41)45-34-31-39-17-7-8-20-43(39)35-45/h1-37H. The molecule has 0 radical (unpaired) electrons. The molecule has 3 heteroatoms. The average molecular weight is 764 g/mol. The van der Waals surface area contributed by atoms with Gasteiger partial charge in [-0.05, 0) is 95.0 Å². The molecule has 0 aliphatic carbocycles. The molecule has 0 amide bonds. The zero-order valence-corrected chi connectivity index (χ0v) is 32.7. The van der Waals surface area contributed by atoms with Gasteiger partial charge in [-0.15, -0.1) is 0 Å². The number of hydrogen-bond acceptors (Lipinski definition) is 3. The summed E-state index contributed by atoms with van der Waals surface area (Å²) in [6.45, 7) is 0. The quantitative estimate of drug-likeness (QED) is 0.152. The third-order valence-electron chi connectivity index (χ3n) is 11.5. The highest BCUT2D eigenvalue weighted by molar-refractivity contribution is 6.21. The summed E-state index contributed by atoms with van der Waals surface area (Å²) < 4.78 is 0. The maximum absolute atomic E-state index is 5.17. The van der Waals surface area contributed by atoms with E-state index in [4.69, 9.17) is 15.0 Å². The van der Waals surface area contributed by atoms with Crippen molar-refractivity contribution in [1.82, 2.24) is 15.0 Å². The SMILES string of the molecule is c1ccc(-c2cccc(-c3nc(-c4ccccc4)nc(-c4cccc(-c5c6ccccc6c(-c6ccc(-c7ccc8ccccc8c7)cc6)c6ccccc56)c4)n3)c2)cc1. The maximum Gasteiger partial charge on any atom is 0.164 e. The Bertz CT molecular complexity index is 3300. The number of fused-ring (bicyclic) bond motifs is 3. The van der Waals surface area contributed by atoms with E-state index in [9.17, 15) is 0 Å². The van der Waals surface area contributed by atoms with Crippen molar-refractivity contribution in [1.29, 1.82) is 0 Å².